The maximum Gasteiger partial charge on any atom is 0.0387 e. The van der Waals surface area contributed by atoms with Gasteiger partial charge in [-0.3, -0.25) is 0 Å². The summed E-state index contributed by atoms with van der Waals surface area (Å²) < 4.78 is 0. The summed E-state index contributed by atoms with van der Waals surface area (Å²) in [5.41, 5.74) is 13.2. The Labute approximate surface area is 227 Å². The van der Waals surface area contributed by atoms with Crippen LogP contribution < -0.4 is 5.73 Å². The SMILES string of the molecule is C/C=C\C=C(/N)c1cccc(-c2c3ccccc3c(C3=C/C/C=C\C=C/C/C=C\3)c3ccccc23)c1.CC. The lowest BCUT2D eigenvalue weighted by Gasteiger charge is -2.19. The van der Waals surface area contributed by atoms with Crippen molar-refractivity contribution in [2.45, 2.75) is 33.6 Å². The van der Waals surface area contributed by atoms with Crippen LogP contribution in [0.1, 0.15) is 44.7 Å². The summed E-state index contributed by atoms with van der Waals surface area (Å²) >= 11 is 0. The molecule has 4 aromatic carbocycles. The minimum atomic E-state index is 0.763. The van der Waals surface area contributed by atoms with Gasteiger partial charge in [0.25, 0.3) is 0 Å². The van der Waals surface area contributed by atoms with Crippen LogP contribution in [0.5, 0.6) is 0 Å². The van der Waals surface area contributed by atoms with Gasteiger partial charge in [0, 0.05) is 5.70 Å². The zero-order chi connectivity index (χ0) is 26.7. The van der Waals surface area contributed by atoms with Crippen molar-refractivity contribution in [3.63, 3.8) is 0 Å². The van der Waals surface area contributed by atoms with E-state index < -0.39 is 0 Å². The number of benzene rings is 4. The van der Waals surface area contributed by atoms with E-state index >= 15 is 0 Å². The molecule has 5 rings (SSSR count). The van der Waals surface area contributed by atoms with E-state index in [0.717, 1.165) is 24.1 Å². The van der Waals surface area contributed by atoms with Crippen molar-refractivity contribution in [1.82, 2.24) is 0 Å². The van der Waals surface area contributed by atoms with E-state index in [-0.39, 0.29) is 0 Å². The molecule has 0 unspecified atom stereocenters. The number of hydrogen-bond donors (Lipinski definition) is 1. The van der Waals surface area contributed by atoms with Crippen LogP contribution >= 0.6 is 0 Å². The van der Waals surface area contributed by atoms with E-state index in [9.17, 15) is 0 Å². The van der Waals surface area contributed by atoms with Crippen LogP contribution in [0.2, 0.25) is 0 Å². The molecule has 1 aliphatic rings. The van der Waals surface area contributed by atoms with Gasteiger partial charge in [-0.05, 0) is 81.3 Å². The summed E-state index contributed by atoms with van der Waals surface area (Å²) in [7, 11) is 0. The molecule has 1 heteroatoms. The molecule has 0 bridgehead atoms. The molecule has 0 aromatic heterocycles. The van der Waals surface area contributed by atoms with Gasteiger partial charge in [0.1, 0.15) is 0 Å². The van der Waals surface area contributed by atoms with Gasteiger partial charge in [-0.1, -0.05) is 135 Å². The zero-order valence-electron chi connectivity index (χ0n) is 22.7. The summed E-state index contributed by atoms with van der Waals surface area (Å²) in [4.78, 5) is 0. The molecule has 0 saturated heterocycles. The van der Waals surface area contributed by atoms with Gasteiger partial charge < -0.3 is 5.73 Å². The van der Waals surface area contributed by atoms with Crippen LogP contribution in [-0.2, 0) is 0 Å². The van der Waals surface area contributed by atoms with Crippen LogP contribution in [0.25, 0.3) is 43.9 Å². The highest BCUT2D eigenvalue weighted by Gasteiger charge is 2.17. The zero-order valence-corrected chi connectivity index (χ0v) is 22.7. The Bertz CT molecular complexity index is 1530. The molecule has 0 amide bonds. The van der Waals surface area contributed by atoms with E-state index in [1.54, 1.807) is 0 Å². The quantitative estimate of drug-likeness (QED) is 0.221. The highest BCUT2D eigenvalue weighted by molar-refractivity contribution is 6.19. The molecule has 0 fully saturated rings. The van der Waals surface area contributed by atoms with E-state index in [4.69, 9.17) is 5.73 Å². The van der Waals surface area contributed by atoms with Crippen LogP contribution in [-0.4, -0.2) is 0 Å². The van der Waals surface area contributed by atoms with Gasteiger partial charge in [0.05, 0.1) is 0 Å². The topological polar surface area (TPSA) is 26.0 Å². The molecular weight excluding hydrogens is 458 g/mol. The lowest BCUT2D eigenvalue weighted by Crippen LogP contribution is -1.97. The normalized spacial score (nSPS) is 17.9. The molecule has 0 heterocycles. The van der Waals surface area contributed by atoms with Crippen molar-refractivity contribution in [2.24, 2.45) is 5.73 Å². The van der Waals surface area contributed by atoms with Crippen LogP contribution in [0, 0.1) is 0 Å². The average Bonchev–Trinajstić information content (AvgIpc) is 2.98. The van der Waals surface area contributed by atoms with E-state index in [2.05, 4.69) is 115 Å². The van der Waals surface area contributed by atoms with Gasteiger partial charge in [-0.2, -0.15) is 0 Å². The molecule has 2 N–H and O–H groups in total. The molecule has 1 nitrogen and oxygen atoms in total. The number of nitrogens with two attached hydrogens (primary N) is 1. The third-order valence-electron chi connectivity index (χ3n) is 6.60. The molecule has 1 aliphatic carbocycles. The van der Waals surface area contributed by atoms with Crippen molar-refractivity contribution in [3.8, 4) is 11.1 Å². The second-order valence-corrected chi connectivity index (χ2v) is 8.96. The maximum atomic E-state index is 6.41. The smallest absolute Gasteiger partial charge is 0.0387 e. The van der Waals surface area contributed by atoms with E-state index in [1.165, 1.54) is 43.8 Å². The second kappa shape index (κ2) is 13.3. The Morgan fingerprint density at radius 1 is 0.711 bits per heavy atom. The Morgan fingerprint density at radius 2 is 1.32 bits per heavy atom. The standard InChI is InChI=1S/C35H31N.C2H6/c1-2-3-24-33(36)27-18-15-19-28(25-27)35-31-22-13-11-20-29(31)34(30-21-12-14-23-32(30)35)26-16-9-7-5-4-6-8-10-17-26;1-2/h2-7,10-25H,8-9,36H2,1H3;1-2H3/b3-2-,6-4-,7-5-,17-10-,26-16+,33-24-;. The fraction of sp³-hybridized carbons (Fsp3) is 0.135. The molecule has 38 heavy (non-hydrogen) atoms. The predicted octanol–water partition coefficient (Wildman–Crippen LogP) is 10.4. The van der Waals surface area contributed by atoms with Gasteiger partial charge in [-0.15, -0.1) is 0 Å². The molecular formula is C37H37N. The third kappa shape index (κ3) is 5.79. The first-order valence-electron chi connectivity index (χ1n) is 13.6. The Morgan fingerprint density at radius 3 is 1.95 bits per heavy atom. The number of allylic oxidation sites excluding steroid dienone is 11. The molecule has 0 atom stereocenters. The molecule has 4 aromatic rings. The van der Waals surface area contributed by atoms with Crippen LogP contribution in [0.4, 0.5) is 0 Å². The van der Waals surface area contributed by atoms with Crippen molar-refractivity contribution in [2.75, 3.05) is 0 Å². The van der Waals surface area contributed by atoms with Crippen molar-refractivity contribution in [3.05, 3.63) is 145 Å². The molecule has 190 valence electrons. The van der Waals surface area contributed by atoms with Gasteiger partial charge in [-0.25, -0.2) is 0 Å². The van der Waals surface area contributed by atoms with E-state index in [1.807, 2.05) is 39.0 Å². The average molecular weight is 496 g/mol. The predicted molar refractivity (Wildman–Crippen MR) is 170 cm³/mol. The van der Waals surface area contributed by atoms with Gasteiger partial charge in [0.15, 0.2) is 0 Å². The van der Waals surface area contributed by atoms with Crippen molar-refractivity contribution in [1.29, 1.82) is 0 Å². The number of hydrogen-bond acceptors (Lipinski definition) is 1. The molecule has 0 radical (unpaired) electrons. The maximum absolute atomic E-state index is 6.41. The number of fused-ring (bicyclic) bond motifs is 2. The highest BCUT2D eigenvalue weighted by Crippen LogP contribution is 2.42. The summed E-state index contributed by atoms with van der Waals surface area (Å²) in [5.74, 6) is 0. The van der Waals surface area contributed by atoms with Gasteiger partial charge >= 0.3 is 0 Å². The van der Waals surface area contributed by atoms with Crippen LogP contribution in [0.15, 0.2) is 134 Å². The summed E-state index contributed by atoms with van der Waals surface area (Å²) in [6.45, 7) is 6.00. The Balaban J connectivity index is 0.00000164. The fourth-order valence-corrected chi connectivity index (χ4v) is 4.94. The summed E-state index contributed by atoms with van der Waals surface area (Å²) in [6.07, 6.45) is 23.3. The lowest BCUT2D eigenvalue weighted by atomic mass is 9.85. The molecule has 0 aliphatic heterocycles. The first-order valence-corrected chi connectivity index (χ1v) is 13.6. The van der Waals surface area contributed by atoms with Crippen molar-refractivity contribution >= 4 is 32.8 Å². The van der Waals surface area contributed by atoms with Crippen LogP contribution in [0.3, 0.4) is 0 Å². The van der Waals surface area contributed by atoms with E-state index in [0.29, 0.717) is 0 Å². The molecule has 0 spiro atoms. The fourth-order valence-electron chi connectivity index (χ4n) is 4.94. The number of rotatable bonds is 4. The summed E-state index contributed by atoms with van der Waals surface area (Å²) in [6, 6.07) is 26.2. The minimum absolute atomic E-state index is 0.763. The van der Waals surface area contributed by atoms with Crippen molar-refractivity contribution < 1.29 is 0 Å². The third-order valence-corrected chi connectivity index (χ3v) is 6.60. The minimum Gasteiger partial charge on any atom is -0.398 e. The Kier molecular flexibility index (Phi) is 9.32. The lowest BCUT2D eigenvalue weighted by molar-refractivity contribution is 1.35. The first-order chi connectivity index (χ1) is 18.8. The molecule has 0 saturated carbocycles. The summed E-state index contributed by atoms with van der Waals surface area (Å²) in [5, 5.41) is 5.03. The first kappa shape index (κ1) is 26.7. The second-order valence-electron chi connectivity index (χ2n) is 8.96. The van der Waals surface area contributed by atoms with Gasteiger partial charge in [0.2, 0.25) is 0 Å². The largest absolute Gasteiger partial charge is 0.398 e. The highest BCUT2D eigenvalue weighted by atomic mass is 14.6. The Hall–Kier alpha value is -4.36. The monoisotopic (exact) mass is 495 g/mol.